The van der Waals surface area contributed by atoms with E-state index in [0.29, 0.717) is 41.6 Å². The molecular weight excluding hydrogens is 773 g/mol. The highest BCUT2D eigenvalue weighted by Crippen LogP contribution is 2.48. The number of carbonyl (C=O) groups is 5. The molecule has 6 rings (SSSR count). The van der Waals surface area contributed by atoms with Crippen molar-refractivity contribution in [3.8, 4) is 0 Å². The largest absolute Gasteiger partial charge is 0.444 e. The summed E-state index contributed by atoms with van der Waals surface area (Å²) in [5.74, 6) is -1.48. The molecule has 1 aliphatic carbocycles. The lowest BCUT2D eigenvalue weighted by molar-refractivity contribution is -0.141. The Hall–Kier alpha value is -3.46. The van der Waals surface area contributed by atoms with E-state index in [1.54, 1.807) is 32.9 Å². The lowest BCUT2D eigenvalue weighted by Crippen LogP contribution is -2.57. The molecular formula is C38H47Cl2N5O7S2. The van der Waals surface area contributed by atoms with Crippen molar-refractivity contribution in [3.05, 3.63) is 63.0 Å². The van der Waals surface area contributed by atoms with Crippen LogP contribution in [0.2, 0.25) is 9.36 Å². The number of hydrogen-bond donors (Lipinski definition) is 3. The van der Waals surface area contributed by atoms with Gasteiger partial charge in [0.1, 0.15) is 29.3 Å². The summed E-state index contributed by atoms with van der Waals surface area (Å²) < 4.78 is 15.8. The molecule has 2 aromatic rings. The van der Waals surface area contributed by atoms with Gasteiger partial charge in [0.25, 0.3) is 5.91 Å². The molecule has 0 radical (unpaired) electrons. The number of thiophene rings is 1. The Labute approximate surface area is 334 Å². The monoisotopic (exact) mass is 819 g/mol. The third kappa shape index (κ3) is 9.85. The Balaban J connectivity index is 1.24. The molecule has 4 aliphatic rings. The number of allylic oxidation sites excluding steroid dienone is 2. The van der Waals surface area contributed by atoms with E-state index in [1.807, 2.05) is 18.2 Å². The van der Waals surface area contributed by atoms with Gasteiger partial charge in [0.15, 0.2) is 0 Å². The van der Waals surface area contributed by atoms with Crippen LogP contribution < -0.4 is 15.4 Å². The van der Waals surface area contributed by atoms with Crippen molar-refractivity contribution in [1.82, 2.24) is 25.2 Å². The van der Waals surface area contributed by atoms with Gasteiger partial charge in [-0.3, -0.25) is 24.0 Å². The molecule has 1 saturated carbocycles. The molecule has 5 atom stereocenters. The molecule has 292 valence electrons. The molecule has 1 saturated heterocycles. The average Bonchev–Trinajstić information content (AvgIpc) is 3.47. The highest BCUT2D eigenvalue weighted by molar-refractivity contribution is 7.99. The van der Waals surface area contributed by atoms with Crippen LogP contribution in [0.15, 0.2) is 46.7 Å². The van der Waals surface area contributed by atoms with Crippen molar-refractivity contribution in [2.45, 2.75) is 125 Å². The van der Waals surface area contributed by atoms with E-state index in [4.69, 9.17) is 32.7 Å². The Morgan fingerprint density at radius 3 is 2.56 bits per heavy atom. The Bertz CT molecular complexity index is 1780. The normalized spacial score (nSPS) is 26.8. The van der Waals surface area contributed by atoms with E-state index in [2.05, 4.69) is 27.5 Å². The number of hydrogen-bond acceptors (Lipinski definition) is 9. The number of halogens is 2. The van der Waals surface area contributed by atoms with Crippen LogP contribution in [-0.4, -0.2) is 75.6 Å². The number of ether oxygens (including phenoxy) is 2. The summed E-state index contributed by atoms with van der Waals surface area (Å²) in [5, 5.41) is 6.37. The summed E-state index contributed by atoms with van der Waals surface area (Å²) in [5.41, 5.74) is -0.209. The van der Waals surface area contributed by atoms with Gasteiger partial charge >= 0.3 is 12.2 Å². The highest BCUT2D eigenvalue weighted by Gasteiger charge is 2.61. The van der Waals surface area contributed by atoms with Crippen molar-refractivity contribution in [1.29, 1.82) is 0 Å². The molecule has 1 aromatic heterocycles. The first-order valence-corrected chi connectivity index (χ1v) is 20.8. The molecule has 3 N–H and O–H groups in total. The molecule has 4 heterocycles. The van der Waals surface area contributed by atoms with Gasteiger partial charge in [-0.2, -0.15) is 0 Å². The molecule has 0 bridgehead atoms. The van der Waals surface area contributed by atoms with Crippen LogP contribution >= 0.6 is 46.5 Å². The zero-order valence-electron chi connectivity index (χ0n) is 30.7. The fraction of sp³-hybridized carbons (Fsp3) is 0.553. The summed E-state index contributed by atoms with van der Waals surface area (Å²) in [6.45, 7) is 5.74. The first-order valence-electron chi connectivity index (χ1n) is 18.4. The van der Waals surface area contributed by atoms with E-state index in [1.165, 1.54) is 21.1 Å². The fourth-order valence-electron chi connectivity index (χ4n) is 7.34. The third-order valence-corrected chi connectivity index (χ3v) is 12.7. The second-order valence-electron chi connectivity index (χ2n) is 15.3. The van der Waals surface area contributed by atoms with Crippen molar-refractivity contribution in [2.24, 2.45) is 5.92 Å². The van der Waals surface area contributed by atoms with Crippen LogP contribution in [0.5, 0.6) is 0 Å². The second kappa shape index (κ2) is 17.1. The van der Waals surface area contributed by atoms with Crippen LogP contribution in [0.25, 0.3) is 0 Å². The summed E-state index contributed by atoms with van der Waals surface area (Å²) in [6, 6.07) is 7.01. The van der Waals surface area contributed by atoms with E-state index in [-0.39, 0.29) is 31.3 Å². The predicted octanol–water partition coefficient (Wildman–Crippen LogP) is 7.37. The zero-order chi connectivity index (χ0) is 38.6. The molecule has 0 spiro atoms. The quantitative estimate of drug-likeness (QED) is 0.210. The van der Waals surface area contributed by atoms with Gasteiger partial charge < -0.3 is 25.0 Å². The number of nitrogens with zero attached hydrogens (tertiary/aromatic N) is 2. The van der Waals surface area contributed by atoms with Crippen LogP contribution in [-0.2, 0) is 36.9 Å². The van der Waals surface area contributed by atoms with Gasteiger partial charge in [0.05, 0.1) is 21.6 Å². The molecule has 5 amide bonds. The lowest BCUT2D eigenvalue weighted by Gasteiger charge is -2.30. The molecule has 3 aliphatic heterocycles. The van der Waals surface area contributed by atoms with Gasteiger partial charge in [0, 0.05) is 18.0 Å². The number of nitrogens with one attached hydrogen (secondary N) is 3. The summed E-state index contributed by atoms with van der Waals surface area (Å²) in [6.07, 6.45) is 7.55. The fourth-order valence-corrected chi connectivity index (χ4v) is 9.58. The minimum Gasteiger partial charge on any atom is -0.444 e. The molecule has 5 unspecified atom stereocenters. The van der Waals surface area contributed by atoms with Gasteiger partial charge in [0.2, 0.25) is 11.8 Å². The number of rotatable bonds is 5. The van der Waals surface area contributed by atoms with Crippen molar-refractivity contribution in [3.63, 3.8) is 0 Å². The maximum Gasteiger partial charge on any atom is 0.410 e. The van der Waals surface area contributed by atoms with E-state index < -0.39 is 53.3 Å². The summed E-state index contributed by atoms with van der Waals surface area (Å²) >= 11 is 15.0. The average molecular weight is 821 g/mol. The topological polar surface area (TPSA) is 146 Å². The SMILES string of the molecule is CC(C)(C)OC(=O)NC1CCCCC/C=C\CCC2CC2(C(=O)NSc2ccc(Cl)s2)NC(=O)C2CC(OC(=O)N3Cc4cccc(Cl)c4C3)CN2C1=O. The van der Waals surface area contributed by atoms with Gasteiger partial charge in [-0.25, -0.2) is 9.59 Å². The molecule has 12 nitrogen and oxygen atoms in total. The Morgan fingerprint density at radius 2 is 1.81 bits per heavy atom. The highest BCUT2D eigenvalue weighted by atomic mass is 35.5. The van der Waals surface area contributed by atoms with Crippen molar-refractivity contribution in [2.75, 3.05) is 6.54 Å². The van der Waals surface area contributed by atoms with E-state index in [0.717, 1.165) is 53.0 Å². The van der Waals surface area contributed by atoms with Crippen molar-refractivity contribution >= 4 is 76.4 Å². The second-order valence-corrected chi connectivity index (χ2v) is 18.5. The predicted molar refractivity (Wildman–Crippen MR) is 208 cm³/mol. The Kier molecular flexibility index (Phi) is 12.8. The summed E-state index contributed by atoms with van der Waals surface area (Å²) in [7, 11) is 0. The number of fused-ring (bicyclic) bond motifs is 3. The smallest absolute Gasteiger partial charge is 0.410 e. The van der Waals surface area contributed by atoms with Crippen LogP contribution in [0.1, 0.15) is 89.7 Å². The minimum absolute atomic E-state index is 0.0115. The standard InChI is InChI=1S/C38H47Cl2N5O7S2/c1-37(2,3)52-35(49)41-28-15-10-8-6-4-5-7-9-13-24-19-38(24,34(48)43-54-31-17-16-30(40)53-31)42-32(46)29-18-25(21-45(29)33(28)47)51-36(50)44-20-23-12-11-14-27(39)26(23)22-44/h5,7,11-12,14,16-17,24-25,28-29H,4,6,8-10,13,15,18-22H2,1-3H3,(H,41,49)(H,42,46)(H,43,48)/b7-5-. The number of benzene rings is 1. The van der Waals surface area contributed by atoms with Crippen LogP contribution in [0, 0.1) is 5.92 Å². The number of alkyl carbamates (subject to hydrolysis) is 1. The minimum atomic E-state index is -1.19. The van der Waals surface area contributed by atoms with Gasteiger partial charge in [-0.1, -0.05) is 60.3 Å². The third-order valence-electron chi connectivity index (χ3n) is 10.2. The van der Waals surface area contributed by atoms with E-state index >= 15 is 0 Å². The van der Waals surface area contributed by atoms with Gasteiger partial charge in [-0.05, 0) is 106 Å². The maximum atomic E-state index is 14.5. The summed E-state index contributed by atoms with van der Waals surface area (Å²) in [4.78, 5) is 72.2. The molecule has 54 heavy (non-hydrogen) atoms. The lowest BCUT2D eigenvalue weighted by atomic mass is 10.0. The van der Waals surface area contributed by atoms with Crippen molar-refractivity contribution < 1.29 is 33.4 Å². The zero-order valence-corrected chi connectivity index (χ0v) is 33.8. The molecule has 2 fully saturated rings. The Morgan fingerprint density at radius 1 is 1.02 bits per heavy atom. The molecule has 1 aromatic carbocycles. The maximum absolute atomic E-state index is 14.5. The van der Waals surface area contributed by atoms with Crippen LogP contribution in [0.4, 0.5) is 9.59 Å². The van der Waals surface area contributed by atoms with E-state index in [9.17, 15) is 24.0 Å². The number of carbonyl (C=O) groups excluding carboxylic acids is 5. The first kappa shape index (κ1) is 40.2. The van der Waals surface area contributed by atoms with Crippen LogP contribution in [0.3, 0.4) is 0 Å². The molecule has 16 heteroatoms. The first-order chi connectivity index (χ1) is 25.7. The van der Waals surface area contributed by atoms with Gasteiger partial charge in [-0.15, -0.1) is 11.3 Å². The number of amides is 5.